The average molecular weight is 763 g/mol. The van der Waals surface area contributed by atoms with Crippen molar-refractivity contribution in [2.45, 2.75) is 50.7 Å². The molecule has 5 heterocycles. The highest BCUT2D eigenvalue weighted by molar-refractivity contribution is 7.90. The lowest BCUT2D eigenvalue weighted by atomic mass is 9.97. The van der Waals surface area contributed by atoms with E-state index in [-0.39, 0.29) is 17.4 Å². The molecule has 3 fully saturated rings. The highest BCUT2D eigenvalue weighted by Gasteiger charge is 2.31. The van der Waals surface area contributed by atoms with Crippen LogP contribution in [0.15, 0.2) is 84.0 Å². The van der Waals surface area contributed by atoms with E-state index in [0.29, 0.717) is 46.9 Å². The van der Waals surface area contributed by atoms with E-state index >= 15 is 0 Å². The summed E-state index contributed by atoms with van der Waals surface area (Å²) in [6, 6.07) is 21.2. The molecule has 0 radical (unpaired) electrons. The molecule has 0 bridgehead atoms. The fourth-order valence-corrected chi connectivity index (χ4v) is 10.3. The second-order valence-electron chi connectivity index (χ2n) is 15.4. The van der Waals surface area contributed by atoms with Crippen LogP contribution in [0.3, 0.4) is 0 Å². The van der Waals surface area contributed by atoms with Gasteiger partial charge in [-0.3, -0.25) is 9.69 Å². The van der Waals surface area contributed by atoms with Crippen molar-refractivity contribution in [3.63, 3.8) is 0 Å². The van der Waals surface area contributed by atoms with Crippen LogP contribution in [0, 0.1) is 20.8 Å². The fourth-order valence-electron chi connectivity index (χ4n) is 8.78. The average Bonchev–Trinajstić information content (AvgIpc) is 3.57. The molecule has 12 heteroatoms. The van der Waals surface area contributed by atoms with E-state index in [0.717, 1.165) is 75.3 Å². The lowest BCUT2D eigenvalue weighted by molar-refractivity contribution is 0.00589. The van der Waals surface area contributed by atoms with Crippen molar-refractivity contribution in [1.82, 2.24) is 23.7 Å². The molecular weight excluding hydrogens is 713 g/mol. The van der Waals surface area contributed by atoms with E-state index in [9.17, 15) is 23.4 Å². The van der Waals surface area contributed by atoms with E-state index in [1.165, 1.54) is 20.8 Å². The Morgan fingerprint density at radius 1 is 0.818 bits per heavy atom. The Kier molecular flexibility index (Phi) is 10.3. The summed E-state index contributed by atoms with van der Waals surface area (Å²) in [5.74, 6) is -0.142. The summed E-state index contributed by atoms with van der Waals surface area (Å²) >= 11 is 0. The minimum atomic E-state index is -3.99. The number of β-amino-alcohol motifs (C(OH)–C–C–N with tert-alkyl or cyclic N) is 2. The Labute approximate surface area is 323 Å². The minimum absolute atomic E-state index is 0.142. The zero-order valence-corrected chi connectivity index (χ0v) is 32.7. The Morgan fingerprint density at radius 3 is 2.13 bits per heavy atom. The molecule has 1 amide bonds. The number of piperidine rings is 1. The third kappa shape index (κ3) is 7.18. The molecule has 0 spiro atoms. The normalized spacial score (nSPS) is 17.9. The van der Waals surface area contributed by atoms with Gasteiger partial charge in [-0.2, -0.15) is 0 Å². The highest BCUT2D eigenvalue weighted by atomic mass is 32.2. The van der Waals surface area contributed by atoms with Crippen molar-refractivity contribution in [3.8, 4) is 22.3 Å². The number of pyridine rings is 1. The Hall–Kier alpha value is -4.59. The molecule has 3 aliphatic heterocycles. The monoisotopic (exact) mass is 762 g/mol. The lowest BCUT2D eigenvalue weighted by Crippen LogP contribution is -2.53. The standard InChI is InChI=1S/C43H50N6O5S/c1-29-6-4-5-7-40(29)55(53,54)49-28-39(32-8-10-33(11-9-32)43(52)48-26-37(51)27-48)38-24-35(25-44-42(38)49)34-22-30(2)41(31(3)23-34)47-18-16-46(17-19-47)36-12-14-45(15-13-36)20-21-50/h4-11,22-25,28,36-37,50-51H,12-21,26-27H2,1-3H3. The van der Waals surface area contributed by atoms with Crippen molar-refractivity contribution in [3.05, 3.63) is 101 Å². The van der Waals surface area contributed by atoms with Crippen LogP contribution in [-0.4, -0.2) is 126 Å². The number of hydrogen-bond acceptors (Lipinski definition) is 9. The zero-order valence-electron chi connectivity index (χ0n) is 31.9. The summed E-state index contributed by atoms with van der Waals surface area (Å²) < 4.78 is 29.7. The van der Waals surface area contributed by atoms with Crippen molar-refractivity contribution in [2.75, 3.05) is 70.4 Å². The van der Waals surface area contributed by atoms with Gasteiger partial charge in [-0.25, -0.2) is 17.4 Å². The summed E-state index contributed by atoms with van der Waals surface area (Å²) in [5.41, 5.74) is 8.50. The number of rotatable bonds is 9. The first-order chi connectivity index (χ1) is 26.5. The molecular formula is C43H50N6O5S. The van der Waals surface area contributed by atoms with Crippen LogP contribution in [0.4, 0.5) is 5.69 Å². The molecule has 55 heavy (non-hydrogen) atoms. The van der Waals surface area contributed by atoms with Gasteiger partial charge in [0.15, 0.2) is 5.65 Å². The largest absolute Gasteiger partial charge is 0.395 e. The quantitative estimate of drug-likeness (QED) is 0.216. The summed E-state index contributed by atoms with van der Waals surface area (Å²) in [6.45, 7) is 13.9. The molecule has 0 aliphatic carbocycles. The summed E-state index contributed by atoms with van der Waals surface area (Å²) in [5, 5.41) is 19.7. The first-order valence-electron chi connectivity index (χ1n) is 19.4. The van der Waals surface area contributed by atoms with Crippen molar-refractivity contribution in [2.24, 2.45) is 0 Å². The SMILES string of the molecule is Cc1ccccc1S(=O)(=O)n1cc(-c2ccc(C(=O)N3CC(O)C3)cc2)c2cc(-c3cc(C)c(N4CCN(C5CCN(CCO)CC5)CC4)c(C)c3)cnc21. The van der Waals surface area contributed by atoms with Crippen LogP contribution in [0.1, 0.15) is 39.9 Å². The number of aromatic nitrogens is 2. The third-order valence-corrected chi connectivity index (χ3v) is 13.6. The van der Waals surface area contributed by atoms with Gasteiger partial charge in [-0.1, -0.05) is 30.3 Å². The Balaban J connectivity index is 1.10. The molecule has 0 unspecified atom stereocenters. The summed E-state index contributed by atoms with van der Waals surface area (Å²) in [4.78, 5) is 27.1. The van der Waals surface area contributed by atoms with Crippen LogP contribution in [-0.2, 0) is 10.0 Å². The van der Waals surface area contributed by atoms with Crippen molar-refractivity contribution >= 4 is 32.7 Å². The first kappa shape index (κ1) is 37.3. The summed E-state index contributed by atoms with van der Waals surface area (Å²) in [6.07, 6.45) is 5.23. The van der Waals surface area contributed by atoms with E-state index < -0.39 is 16.1 Å². The molecule has 3 aromatic carbocycles. The van der Waals surface area contributed by atoms with Crippen LogP contribution < -0.4 is 4.90 Å². The number of amides is 1. The third-order valence-electron chi connectivity index (χ3n) is 11.8. The Bertz CT molecular complexity index is 2300. The van der Waals surface area contributed by atoms with Gasteiger partial charge < -0.3 is 24.9 Å². The maximum atomic E-state index is 14.2. The molecule has 8 rings (SSSR count). The molecule has 0 atom stereocenters. The molecule has 3 aliphatic rings. The maximum absolute atomic E-state index is 14.2. The molecule has 0 saturated carbocycles. The second-order valence-corrected chi connectivity index (χ2v) is 17.2. The number of nitrogens with zero attached hydrogens (tertiary/aromatic N) is 6. The van der Waals surface area contributed by atoms with E-state index in [4.69, 9.17) is 4.98 Å². The predicted molar refractivity (Wildman–Crippen MR) is 216 cm³/mol. The van der Waals surface area contributed by atoms with Gasteiger partial charge in [0.2, 0.25) is 0 Å². The van der Waals surface area contributed by atoms with Gasteiger partial charge >= 0.3 is 0 Å². The lowest BCUT2D eigenvalue weighted by Gasteiger charge is -2.44. The number of aliphatic hydroxyl groups is 2. The summed E-state index contributed by atoms with van der Waals surface area (Å²) in [7, 11) is -3.99. The molecule has 288 valence electrons. The van der Waals surface area contributed by atoms with E-state index in [1.54, 1.807) is 54.5 Å². The predicted octanol–water partition coefficient (Wildman–Crippen LogP) is 4.93. The van der Waals surface area contributed by atoms with Crippen LogP contribution >= 0.6 is 0 Å². The van der Waals surface area contributed by atoms with Crippen LogP contribution in [0.5, 0.6) is 0 Å². The topological polar surface area (TPSA) is 122 Å². The second kappa shape index (κ2) is 15.2. The van der Waals surface area contributed by atoms with Gasteiger partial charge in [-0.15, -0.1) is 0 Å². The van der Waals surface area contributed by atoms with E-state index in [1.807, 2.05) is 24.3 Å². The number of anilines is 1. The van der Waals surface area contributed by atoms with Gasteiger partial charge in [-0.05, 0) is 111 Å². The van der Waals surface area contributed by atoms with Crippen molar-refractivity contribution < 1.29 is 23.4 Å². The number of hydrogen-bond donors (Lipinski definition) is 2. The van der Waals surface area contributed by atoms with Crippen LogP contribution in [0.25, 0.3) is 33.3 Å². The molecule has 11 nitrogen and oxygen atoms in total. The number of aliphatic hydroxyl groups excluding tert-OH is 2. The van der Waals surface area contributed by atoms with Gasteiger partial charge in [0.05, 0.1) is 17.6 Å². The van der Waals surface area contributed by atoms with Gasteiger partial charge in [0, 0.05) is 92.0 Å². The van der Waals surface area contributed by atoms with Gasteiger partial charge in [0.25, 0.3) is 15.9 Å². The molecule has 5 aromatic rings. The maximum Gasteiger partial charge on any atom is 0.269 e. The molecule has 3 saturated heterocycles. The number of likely N-dealkylation sites (tertiary alicyclic amines) is 2. The molecule has 2 N–H and O–H groups in total. The Morgan fingerprint density at radius 2 is 1.49 bits per heavy atom. The number of fused-ring (bicyclic) bond motifs is 1. The minimum Gasteiger partial charge on any atom is -0.395 e. The number of aryl methyl sites for hydroxylation is 3. The molecule has 2 aromatic heterocycles. The fraction of sp³-hybridized carbons (Fsp3) is 0.395. The van der Waals surface area contributed by atoms with E-state index in [2.05, 4.69) is 40.7 Å². The smallest absolute Gasteiger partial charge is 0.269 e. The number of carbonyl (C=O) groups excluding carboxylic acids is 1. The highest BCUT2D eigenvalue weighted by Crippen LogP contribution is 2.37. The van der Waals surface area contributed by atoms with Crippen LogP contribution in [0.2, 0.25) is 0 Å². The van der Waals surface area contributed by atoms with Gasteiger partial charge in [0.1, 0.15) is 0 Å². The zero-order chi connectivity index (χ0) is 38.4. The first-order valence-corrected chi connectivity index (χ1v) is 20.8. The number of piperazine rings is 1. The number of benzene rings is 3. The number of carbonyl (C=O) groups is 1. The van der Waals surface area contributed by atoms with Crippen molar-refractivity contribution in [1.29, 1.82) is 0 Å².